The van der Waals surface area contributed by atoms with E-state index < -0.39 is 33.3 Å². The topological polar surface area (TPSA) is 166 Å². The zero-order valence-electron chi connectivity index (χ0n) is 19.8. The Bertz CT molecular complexity index is 1510. The van der Waals surface area contributed by atoms with E-state index in [1.165, 1.54) is 41.1 Å². The highest BCUT2D eigenvalue weighted by atomic mass is 32.2. The van der Waals surface area contributed by atoms with Crippen LogP contribution in [0.1, 0.15) is 32.8 Å². The van der Waals surface area contributed by atoms with E-state index in [-0.39, 0.29) is 45.9 Å². The fourth-order valence-corrected chi connectivity index (χ4v) is 5.32. The monoisotopic (exact) mass is 531 g/mol. The molecule has 1 amide bonds. The lowest BCUT2D eigenvalue weighted by atomic mass is 10.1. The number of thiophene rings is 1. The number of hydrogen-bond donors (Lipinski definition) is 3. The molecule has 0 bridgehead atoms. The number of benzene rings is 1. The molecule has 3 heterocycles. The van der Waals surface area contributed by atoms with Crippen LogP contribution in [0.4, 0.5) is 5.69 Å². The van der Waals surface area contributed by atoms with Gasteiger partial charge < -0.3 is 20.9 Å². The first-order valence-corrected chi connectivity index (χ1v) is 13.4. The van der Waals surface area contributed by atoms with Gasteiger partial charge in [0.15, 0.2) is 17.7 Å². The van der Waals surface area contributed by atoms with E-state index in [9.17, 15) is 23.1 Å². The summed E-state index contributed by atoms with van der Waals surface area (Å²) < 4.78 is 36.6. The Balaban J connectivity index is 1.83. The van der Waals surface area contributed by atoms with Gasteiger partial charge in [-0.1, -0.05) is 19.9 Å². The number of aromatic nitrogens is 2. The number of rotatable bonds is 8. The maximum atomic E-state index is 13.4. The zero-order valence-corrected chi connectivity index (χ0v) is 21.4. The Kier molecular flexibility index (Phi) is 6.87. The molecule has 0 radical (unpaired) electrons. The highest BCUT2D eigenvalue weighted by molar-refractivity contribution is 7.90. The van der Waals surface area contributed by atoms with Crippen molar-refractivity contribution in [2.75, 3.05) is 5.32 Å². The van der Waals surface area contributed by atoms with E-state index >= 15 is 0 Å². The Morgan fingerprint density at radius 2 is 2.03 bits per heavy atom. The molecule has 1 atom stereocenters. The molecule has 1 aliphatic rings. The Hall–Kier alpha value is -3.71. The van der Waals surface area contributed by atoms with Crippen molar-refractivity contribution in [1.82, 2.24) is 9.78 Å². The number of nitrogens with two attached hydrogens (primary N) is 1. The van der Waals surface area contributed by atoms with Crippen molar-refractivity contribution in [2.45, 2.75) is 44.7 Å². The average molecular weight is 532 g/mol. The van der Waals surface area contributed by atoms with Crippen LogP contribution < -0.4 is 21.3 Å². The minimum atomic E-state index is -4.30. The lowest BCUT2D eigenvalue weighted by Crippen LogP contribution is -2.34. The number of sulfonamides is 1. The summed E-state index contributed by atoms with van der Waals surface area (Å²) in [6, 6.07) is 7.60. The molecule has 0 fully saturated rings. The number of fused-ring (bicyclic) bond motifs is 1. The molecule has 190 valence electrons. The largest absolute Gasteiger partial charge is 0.505 e. The van der Waals surface area contributed by atoms with E-state index in [1.807, 2.05) is 13.8 Å². The van der Waals surface area contributed by atoms with Crippen molar-refractivity contribution >= 4 is 38.8 Å². The summed E-state index contributed by atoms with van der Waals surface area (Å²) in [5, 5.41) is 20.1. The van der Waals surface area contributed by atoms with Crippen LogP contribution in [0.15, 0.2) is 49.8 Å². The molecule has 1 aromatic carbocycles. The Morgan fingerprint density at radius 3 is 2.67 bits per heavy atom. The van der Waals surface area contributed by atoms with E-state index in [0.717, 1.165) is 0 Å². The predicted octanol–water partition coefficient (Wildman–Crippen LogP) is 2.54. The predicted molar refractivity (Wildman–Crippen MR) is 136 cm³/mol. The van der Waals surface area contributed by atoms with E-state index in [4.69, 9.17) is 10.5 Å². The van der Waals surface area contributed by atoms with Gasteiger partial charge in [0.25, 0.3) is 21.5 Å². The molecule has 36 heavy (non-hydrogen) atoms. The Labute approximate surface area is 211 Å². The minimum absolute atomic E-state index is 0.104. The molecule has 1 aliphatic heterocycles. The summed E-state index contributed by atoms with van der Waals surface area (Å²) in [5.41, 5.74) is 4.52. The number of primary amides is 1. The second-order valence-corrected chi connectivity index (χ2v) is 11.1. The number of nitrogens with one attached hydrogen (secondary N) is 1. The molecular formula is C23H25N5O6S2. The van der Waals surface area contributed by atoms with Gasteiger partial charge in [-0.15, -0.1) is 15.7 Å². The third kappa shape index (κ3) is 4.97. The first kappa shape index (κ1) is 25.4. The number of carbonyl (C=O) groups is 1. The SMILES string of the molecule is CC(C)CCn1nc(-c2cccs2)c(O)c(C2=NS(=O)(=O)c3cc(O[C@H](C)C(N)=O)ccc3N2)c1=O. The number of nitrogens with zero attached hydrogens (tertiary/aromatic N) is 3. The Morgan fingerprint density at radius 1 is 1.28 bits per heavy atom. The summed E-state index contributed by atoms with van der Waals surface area (Å²) in [6.07, 6.45) is -0.329. The van der Waals surface area contributed by atoms with Crippen molar-refractivity contribution in [2.24, 2.45) is 16.0 Å². The van der Waals surface area contributed by atoms with Crippen molar-refractivity contribution in [3.8, 4) is 22.1 Å². The number of aryl methyl sites for hydroxylation is 1. The lowest BCUT2D eigenvalue weighted by molar-refractivity contribution is -0.123. The maximum absolute atomic E-state index is 13.4. The third-order valence-electron chi connectivity index (χ3n) is 5.45. The minimum Gasteiger partial charge on any atom is -0.505 e. The molecule has 4 rings (SSSR count). The van der Waals surface area contributed by atoms with Crippen LogP contribution in [-0.4, -0.2) is 41.2 Å². The number of amidine groups is 1. The molecule has 0 spiro atoms. The summed E-state index contributed by atoms with van der Waals surface area (Å²) in [4.78, 5) is 25.0. The molecule has 4 N–H and O–H groups in total. The summed E-state index contributed by atoms with van der Waals surface area (Å²) in [7, 11) is -4.30. The maximum Gasteiger partial charge on any atom is 0.286 e. The van der Waals surface area contributed by atoms with Crippen LogP contribution in [-0.2, 0) is 21.4 Å². The lowest BCUT2D eigenvalue weighted by Gasteiger charge is -2.21. The van der Waals surface area contributed by atoms with E-state index in [1.54, 1.807) is 17.5 Å². The van der Waals surface area contributed by atoms with Gasteiger partial charge in [-0.3, -0.25) is 9.59 Å². The number of anilines is 1. The normalized spacial score (nSPS) is 15.1. The van der Waals surface area contributed by atoms with Gasteiger partial charge in [-0.05, 0) is 42.8 Å². The van der Waals surface area contributed by atoms with Crippen molar-refractivity contribution in [3.05, 3.63) is 51.6 Å². The van der Waals surface area contributed by atoms with Gasteiger partial charge in [0, 0.05) is 12.6 Å². The van der Waals surface area contributed by atoms with Crippen molar-refractivity contribution in [3.63, 3.8) is 0 Å². The molecule has 2 aromatic heterocycles. The number of carbonyl (C=O) groups excluding carboxylic acids is 1. The number of amides is 1. The van der Waals surface area contributed by atoms with Crippen LogP contribution >= 0.6 is 11.3 Å². The van der Waals surface area contributed by atoms with Crippen LogP contribution in [0.2, 0.25) is 0 Å². The second kappa shape index (κ2) is 9.74. The summed E-state index contributed by atoms with van der Waals surface area (Å²) >= 11 is 1.32. The average Bonchev–Trinajstić information content (AvgIpc) is 3.33. The molecule has 0 saturated heterocycles. The molecular weight excluding hydrogens is 506 g/mol. The van der Waals surface area contributed by atoms with Crippen LogP contribution in [0.3, 0.4) is 0 Å². The molecule has 13 heteroatoms. The van der Waals surface area contributed by atoms with Crippen LogP contribution in [0, 0.1) is 5.92 Å². The van der Waals surface area contributed by atoms with Gasteiger partial charge in [-0.2, -0.15) is 13.5 Å². The number of hydrogen-bond acceptors (Lipinski definition) is 9. The standard InChI is InChI=1S/C23H25N5O6S2/c1-12(2)8-9-28-23(31)18(20(29)19(26-28)16-5-4-10-35-16)22-25-15-7-6-14(34-13(3)21(24)30)11-17(15)36(32,33)27-22/h4-7,10-13,29H,8-9H2,1-3H3,(H2,24,30)(H,25,27)/t13-/m1/s1. The molecule has 11 nitrogen and oxygen atoms in total. The zero-order chi connectivity index (χ0) is 26.2. The van der Waals surface area contributed by atoms with Gasteiger partial charge in [0.05, 0.1) is 10.6 Å². The second-order valence-electron chi connectivity index (χ2n) is 8.62. The first-order valence-electron chi connectivity index (χ1n) is 11.1. The third-order valence-corrected chi connectivity index (χ3v) is 7.64. The summed E-state index contributed by atoms with van der Waals surface area (Å²) in [5.74, 6) is -1.11. The smallest absolute Gasteiger partial charge is 0.286 e. The number of aromatic hydroxyl groups is 1. The van der Waals surface area contributed by atoms with Crippen molar-refractivity contribution < 1.29 is 23.1 Å². The van der Waals surface area contributed by atoms with Gasteiger partial charge in [-0.25, -0.2) is 4.68 Å². The molecule has 0 unspecified atom stereocenters. The van der Waals surface area contributed by atoms with Crippen molar-refractivity contribution in [1.29, 1.82) is 0 Å². The quantitative estimate of drug-likeness (QED) is 0.399. The van der Waals surface area contributed by atoms with Crippen LogP contribution in [0.25, 0.3) is 10.6 Å². The fourth-order valence-electron chi connectivity index (χ4n) is 3.47. The van der Waals surface area contributed by atoms with E-state index in [2.05, 4.69) is 14.8 Å². The van der Waals surface area contributed by atoms with Gasteiger partial charge >= 0.3 is 0 Å². The molecule has 0 aliphatic carbocycles. The highest BCUT2D eigenvalue weighted by Gasteiger charge is 2.31. The first-order chi connectivity index (χ1) is 17.0. The molecule has 3 aromatic rings. The number of ether oxygens (including phenoxy) is 1. The molecule has 0 saturated carbocycles. The fraction of sp³-hybridized carbons (Fsp3) is 0.304. The van der Waals surface area contributed by atoms with Gasteiger partial charge in [0.1, 0.15) is 21.9 Å². The van der Waals surface area contributed by atoms with Crippen LogP contribution in [0.5, 0.6) is 11.5 Å². The van der Waals surface area contributed by atoms with E-state index in [0.29, 0.717) is 11.3 Å². The summed E-state index contributed by atoms with van der Waals surface area (Å²) in [6.45, 7) is 5.72. The highest BCUT2D eigenvalue weighted by Crippen LogP contribution is 2.36. The van der Waals surface area contributed by atoms with Gasteiger partial charge in [0.2, 0.25) is 0 Å².